The van der Waals surface area contributed by atoms with Gasteiger partial charge in [-0.25, -0.2) is 52.4 Å². The van der Waals surface area contributed by atoms with Crippen LogP contribution in [0.25, 0.3) is 44.6 Å². The van der Waals surface area contributed by atoms with Gasteiger partial charge in [-0.15, -0.1) is 0 Å². The molecular formula is C80H83F2N15O17P2S2. The van der Waals surface area contributed by atoms with Crippen molar-refractivity contribution in [2.75, 3.05) is 42.8 Å². The molecule has 38 heteroatoms. The minimum absolute atomic E-state index is 0.0224. The number of halogens is 2. The predicted octanol–water partition coefficient (Wildman–Crippen LogP) is 12.3. The van der Waals surface area contributed by atoms with E-state index in [9.17, 15) is 33.9 Å². The summed E-state index contributed by atoms with van der Waals surface area (Å²) in [4.78, 5) is 106. The Hall–Kier alpha value is -10.8. The average Bonchev–Trinajstić information content (AvgIpc) is 1.63. The number of hydrogen-bond acceptors (Lipinski definition) is 26. The summed E-state index contributed by atoms with van der Waals surface area (Å²) in [6.45, 7) is -1.29. The molecule has 9 N–H and O–H groups in total. The van der Waals surface area contributed by atoms with Gasteiger partial charge in [-0.1, -0.05) is 149 Å². The van der Waals surface area contributed by atoms with Gasteiger partial charge in [-0.05, 0) is 128 Å². The van der Waals surface area contributed by atoms with Gasteiger partial charge in [-0.2, -0.15) is 4.98 Å². The predicted molar refractivity (Wildman–Crippen MR) is 433 cm³/mol. The Morgan fingerprint density at radius 1 is 0.508 bits per heavy atom. The maximum absolute atomic E-state index is 17.8. The number of amides is 6. The van der Waals surface area contributed by atoms with Gasteiger partial charge in [0.25, 0.3) is 0 Å². The lowest BCUT2D eigenvalue weighted by Crippen LogP contribution is -2.53. The van der Waals surface area contributed by atoms with Crippen LogP contribution in [0.15, 0.2) is 171 Å². The van der Waals surface area contributed by atoms with E-state index in [0.717, 1.165) is 68.1 Å². The summed E-state index contributed by atoms with van der Waals surface area (Å²) in [5.41, 5.74) is 15.9. The molecule has 32 nitrogen and oxygen atoms in total. The molecule has 3 fully saturated rings. The third kappa shape index (κ3) is 17.5. The Morgan fingerprint density at radius 2 is 0.881 bits per heavy atom. The number of imidazole rings is 2. The highest BCUT2D eigenvalue weighted by Gasteiger charge is 2.56. The molecule has 3 saturated heterocycles. The Labute approximate surface area is 682 Å². The van der Waals surface area contributed by atoms with Crippen LogP contribution in [0.4, 0.5) is 35.6 Å². The van der Waals surface area contributed by atoms with Gasteiger partial charge in [-0.3, -0.25) is 46.4 Å². The number of nitrogens with one attached hydrogen (secondary N) is 6. The normalized spacial score (nSPS) is 23.2. The minimum Gasteiger partial charge on any atom is -0.492 e. The maximum atomic E-state index is 17.8. The van der Waals surface area contributed by atoms with Gasteiger partial charge in [0.1, 0.15) is 80.0 Å². The van der Waals surface area contributed by atoms with Crippen LogP contribution in [-0.4, -0.2) is 167 Å². The molecule has 7 heterocycles. The summed E-state index contributed by atoms with van der Waals surface area (Å²) in [5, 5.41) is 26.9. The molecule has 2 aliphatic carbocycles. The number of aromatic nitrogens is 8. The molecular weight excluding hydrogens is 1610 g/mol. The van der Waals surface area contributed by atoms with Crippen molar-refractivity contribution in [2.45, 2.75) is 138 Å². The number of nitrogens with two attached hydrogens (primary N) is 1. The van der Waals surface area contributed by atoms with Crippen molar-refractivity contribution in [2.24, 2.45) is 11.8 Å². The van der Waals surface area contributed by atoms with Gasteiger partial charge in [0.15, 0.2) is 47.4 Å². The molecule has 6 aromatic carbocycles. The van der Waals surface area contributed by atoms with Crippen molar-refractivity contribution in [3.05, 3.63) is 204 Å². The molecule has 0 saturated carbocycles. The number of hydrogen-bond donors (Lipinski definition) is 8. The highest BCUT2D eigenvalue weighted by molar-refractivity contribution is 8.55. The van der Waals surface area contributed by atoms with Crippen LogP contribution >= 0.6 is 36.4 Å². The zero-order valence-corrected chi connectivity index (χ0v) is 67.7. The summed E-state index contributed by atoms with van der Waals surface area (Å²) in [5.74, 6) is -4.66. The molecule has 10 aromatic rings. The maximum Gasteiger partial charge on any atom is 0.407 e. The molecule has 616 valence electrons. The summed E-state index contributed by atoms with van der Waals surface area (Å²) < 4.78 is 119. The second-order valence-electron chi connectivity index (χ2n) is 29.5. The first-order valence-electron chi connectivity index (χ1n) is 37.9. The molecule has 0 bridgehead atoms. The highest BCUT2D eigenvalue weighted by atomic mass is 32.7. The lowest BCUT2D eigenvalue weighted by atomic mass is 9.98. The number of fused-ring (bicyclic) bond motifs is 10. The highest BCUT2D eigenvalue weighted by Crippen LogP contribution is 2.67. The number of nitrogen functional groups attached to an aromatic ring is 1. The van der Waals surface area contributed by atoms with Crippen molar-refractivity contribution in [1.82, 2.24) is 60.3 Å². The van der Waals surface area contributed by atoms with E-state index in [-0.39, 0.29) is 76.1 Å². The summed E-state index contributed by atoms with van der Waals surface area (Å²) in [6, 6.07) is 39.7. The van der Waals surface area contributed by atoms with Gasteiger partial charge < -0.3 is 61.7 Å². The standard InChI is InChI=1S/C80H83F2N15O17P2S2/c1-41(2)63(94-79(103)107-31-57-53-19-11-7-15-49(53)50-16-8-12-20-54(50)57)75(101)90-43(5)72(98)92-47-27-23-45(24-28-47)35-117-115(105)110-34-60-68(62(82)78(112-60)97-40-89-66-71(97)86-38-87-74(66)100)114-116(106,109-33-59-67(113-115)61(81)77(111-59)96-39-88-65-69(83)84-37-85-70(65)96)118-36-46-25-29-48(30-26-46)93-73(99)44(6)91-76(102)64(42(3)4)95-80(104)108-32-58-55-21-13-9-17-51(55)52-18-10-14-22-56(52)58/h7-30,37-44,57-64,67-68,77-78H,31-36H2,1-6H3,(H,90,101)(H,91,102)(H,92,98)(H,93,99)(H,94,103)(H,95,104)(H2,83,84,85)(H,86,87,100)/t43-,44-,59+,60+,61+,62+,63-,64-,67+,68+,77+,78+,115?,116?/m0/s1. The number of anilines is 3. The van der Waals surface area contributed by atoms with E-state index in [0.29, 0.717) is 33.9 Å². The van der Waals surface area contributed by atoms with Crippen molar-refractivity contribution in [1.29, 1.82) is 0 Å². The Kier molecular flexibility index (Phi) is 24.4. The number of carbonyl (C=O) groups is 6. The second kappa shape index (κ2) is 35.0. The molecule has 15 rings (SSSR count). The first kappa shape index (κ1) is 82.3. The Balaban J connectivity index is 0.611. The first-order valence-corrected chi connectivity index (χ1v) is 44.2. The number of aromatic hydroxyl groups is 1. The molecule has 6 amide bonds. The third-order valence-electron chi connectivity index (χ3n) is 21.0. The van der Waals surface area contributed by atoms with Gasteiger partial charge in [0.05, 0.1) is 25.9 Å². The van der Waals surface area contributed by atoms with E-state index in [4.69, 9.17) is 42.8 Å². The lowest BCUT2D eigenvalue weighted by molar-refractivity contribution is -0.128. The molecule has 0 spiro atoms. The number of alkyl carbamates (subject to hydrolysis) is 2. The fourth-order valence-corrected chi connectivity index (χ4v) is 21.5. The number of nitrogens with zero attached hydrogens (tertiary/aromatic N) is 8. The topological polar surface area (TPSA) is 416 Å². The van der Waals surface area contributed by atoms with E-state index in [1.807, 2.05) is 97.1 Å². The third-order valence-corrected chi connectivity index (χ3v) is 28.3. The monoisotopic (exact) mass is 1690 g/mol. The first-order chi connectivity index (χ1) is 56.8. The van der Waals surface area contributed by atoms with E-state index in [1.165, 1.54) is 24.7 Å². The summed E-state index contributed by atoms with van der Waals surface area (Å²) in [6.07, 6.45) is -12.0. The number of benzene rings is 6. The van der Waals surface area contributed by atoms with Crippen molar-refractivity contribution in [3.8, 4) is 28.1 Å². The fraction of sp³-hybridized carbons (Fsp3) is 0.350. The zero-order chi connectivity index (χ0) is 82.8. The van der Waals surface area contributed by atoms with Crippen molar-refractivity contribution in [3.63, 3.8) is 0 Å². The summed E-state index contributed by atoms with van der Waals surface area (Å²) >= 11 is 1.22. The SMILES string of the molecule is CC(C)[C@H](NC(=O)OCC1c2ccccc2-c2ccccc21)C(=O)N[C@@H](C)C(=O)Nc1ccc(CSP2(=O)OC[C@H]3O[C@@H](n4cnc5c(O)ncnc54)[C@H](F)[C@@H]3OP(=O)(SCc3ccc(NC(=O)[C@H](C)NC(=O)[C@@H](NC(=O)OCC4c5ccccc5-c5ccccc54)C(C)C)cc3)OC[C@H]3O[C@@H](n4cnc5c(N)ncnc54)[C@H](F)[C@@H]3O2)cc1. The Bertz CT molecular complexity index is 5120. The Morgan fingerprint density at radius 3 is 1.28 bits per heavy atom. The van der Waals surface area contributed by atoms with Gasteiger partial charge in [0.2, 0.25) is 29.5 Å². The fourth-order valence-electron chi connectivity index (χ4n) is 14.8. The summed E-state index contributed by atoms with van der Waals surface area (Å²) in [7, 11) is 0. The average molecular weight is 1690 g/mol. The molecule has 0 radical (unpaired) electrons. The molecule has 3 aliphatic heterocycles. The number of alkyl halides is 2. The molecule has 2 unspecified atom stereocenters. The van der Waals surface area contributed by atoms with E-state index in [1.54, 1.807) is 76.2 Å². The molecule has 118 heavy (non-hydrogen) atoms. The van der Waals surface area contributed by atoms with Crippen LogP contribution < -0.4 is 37.6 Å². The molecule has 14 atom stereocenters. The van der Waals surface area contributed by atoms with Crippen LogP contribution in [0.1, 0.15) is 99.2 Å². The second-order valence-corrected chi connectivity index (χ2v) is 37.6. The van der Waals surface area contributed by atoms with Crippen LogP contribution in [0.5, 0.6) is 5.88 Å². The van der Waals surface area contributed by atoms with Crippen LogP contribution in [0.2, 0.25) is 0 Å². The van der Waals surface area contributed by atoms with Crippen molar-refractivity contribution >= 4 is 112 Å². The van der Waals surface area contributed by atoms with E-state index >= 15 is 17.9 Å². The number of rotatable bonds is 24. The quantitative estimate of drug-likeness (QED) is 0.0260. The van der Waals surface area contributed by atoms with Crippen LogP contribution in [0.3, 0.4) is 0 Å². The van der Waals surface area contributed by atoms with E-state index in [2.05, 4.69) is 61.8 Å². The largest absolute Gasteiger partial charge is 0.492 e. The van der Waals surface area contributed by atoms with Crippen LogP contribution in [0, 0.1) is 11.8 Å². The van der Waals surface area contributed by atoms with E-state index < -0.39 is 154 Å². The van der Waals surface area contributed by atoms with Crippen molar-refractivity contribution < 1.29 is 88.8 Å². The molecule has 4 aromatic heterocycles. The minimum atomic E-state index is -4.80. The van der Waals surface area contributed by atoms with Gasteiger partial charge >= 0.3 is 25.8 Å². The smallest absolute Gasteiger partial charge is 0.407 e. The zero-order valence-electron chi connectivity index (χ0n) is 64.2. The van der Waals surface area contributed by atoms with Crippen LogP contribution in [-0.2, 0) is 76.9 Å². The lowest BCUT2D eigenvalue weighted by Gasteiger charge is -2.30. The number of ether oxygens (including phenoxy) is 4. The van der Waals surface area contributed by atoms with Gasteiger partial charge in [0, 0.05) is 34.7 Å². The molecule has 5 aliphatic rings. The number of carbonyl (C=O) groups excluding carboxylic acids is 6.